The summed E-state index contributed by atoms with van der Waals surface area (Å²) in [5, 5.41) is 13.4. The van der Waals surface area contributed by atoms with Crippen molar-refractivity contribution in [3.63, 3.8) is 0 Å². The molecule has 4 amide bonds. The van der Waals surface area contributed by atoms with Crippen molar-refractivity contribution >= 4 is 46.3 Å². The van der Waals surface area contributed by atoms with E-state index in [0.717, 1.165) is 28.0 Å². The topological polar surface area (TPSA) is 135 Å². The number of phenols is 1. The smallest absolute Gasteiger partial charge is 0.414 e. The number of phenolic OH excluding ortho intramolecular Hbond substituents is 1. The fraction of sp³-hybridized carbons (Fsp3) is 0.421. The second-order valence-corrected chi connectivity index (χ2v) is 16.5. The summed E-state index contributed by atoms with van der Waals surface area (Å²) in [6.45, 7) is 18.7. The van der Waals surface area contributed by atoms with Gasteiger partial charge in [-0.05, 0) is 80.0 Å². The third kappa shape index (κ3) is 9.29. The van der Waals surface area contributed by atoms with Crippen molar-refractivity contribution in [3.8, 4) is 23.0 Å². The van der Waals surface area contributed by atoms with Gasteiger partial charge in [0.15, 0.2) is 5.75 Å². The van der Waals surface area contributed by atoms with Gasteiger partial charge in [0.2, 0.25) is 5.91 Å². The Bertz CT molecular complexity index is 1790. The molecule has 1 unspecified atom stereocenters. The van der Waals surface area contributed by atoms with Gasteiger partial charge in [0.25, 0.3) is 11.1 Å². The summed E-state index contributed by atoms with van der Waals surface area (Å²) in [6.07, 6.45) is -0.313. The normalized spacial score (nSPS) is 15.0. The van der Waals surface area contributed by atoms with E-state index >= 15 is 0 Å². The fourth-order valence-electron chi connectivity index (χ4n) is 5.22. The maximum atomic E-state index is 13.4. The van der Waals surface area contributed by atoms with Gasteiger partial charge in [-0.2, -0.15) is 0 Å². The van der Waals surface area contributed by atoms with Crippen molar-refractivity contribution in [1.29, 1.82) is 0 Å². The number of imide groups is 1. The van der Waals surface area contributed by atoms with Crippen LogP contribution in [0.15, 0.2) is 54.6 Å². The van der Waals surface area contributed by atoms with E-state index in [2.05, 4.69) is 5.32 Å². The van der Waals surface area contributed by atoms with E-state index in [-0.39, 0.29) is 39.1 Å². The molecule has 11 nitrogen and oxygen atoms in total. The molecule has 50 heavy (non-hydrogen) atoms. The van der Waals surface area contributed by atoms with Crippen LogP contribution < -0.4 is 24.9 Å². The predicted molar refractivity (Wildman–Crippen MR) is 196 cm³/mol. The summed E-state index contributed by atoms with van der Waals surface area (Å²) in [6, 6.07) is 15.3. The molecule has 0 spiro atoms. The molecule has 2 N–H and O–H groups in total. The van der Waals surface area contributed by atoms with Gasteiger partial charge in [0.1, 0.15) is 28.5 Å². The lowest BCUT2D eigenvalue weighted by molar-refractivity contribution is -0.120. The number of carbonyl (C=O) groups is 4. The molecular weight excluding hydrogens is 658 g/mol. The van der Waals surface area contributed by atoms with Gasteiger partial charge in [-0.25, -0.2) is 4.79 Å². The quantitative estimate of drug-likeness (QED) is 0.222. The SMILES string of the molecule is CC(=O)N(Oc1ccc(CC2SC(=O)NC2=O)cc1)c1ccc(Oc2cc(C(C)(C)C)c(O)cc2C(C)(C)C)cc1N(C)C(=O)OC(C)(C)C. The minimum absolute atomic E-state index is 0.177. The van der Waals surface area contributed by atoms with Gasteiger partial charge in [0.05, 0.1) is 10.9 Å². The number of nitrogens with zero attached hydrogens (tertiary/aromatic N) is 2. The van der Waals surface area contributed by atoms with E-state index < -0.39 is 22.9 Å². The molecule has 1 fully saturated rings. The molecular formula is C38H47N3O8S. The molecule has 1 aliphatic rings. The van der Waals surface area contributed by atoms with E-state index in [1.54, 1.807) is 69.3 Å². The van der Waals surface area contributed by atoms with Crippen molar-refractivity contribution in [3.05, 3.63) is 71.3 Å². The van der Waals surface area contributed by atoms with Crippen LogP contribution in [0.4, 0.5) is 21.0 Å². The lowest BCUT2D eigenvalue weighted by Crippen LogP contribution is -2.37. The second-order valence-electron chi connectivity index (χ2n) is 15.3. The van der Waals surface area contributed by atoms with Crippen LogP contribution in [0.5, 0.6) is 23.0 Å². The van der Waals surface area contributed by atoms with Crippen LogP contribution in [-0.4, -0.2) is 46.2 Å². The zero-order valence-corrected chi connectivity index (χ0v) is 31.4. The van der Waals surface area contributed by atoms with Gasteiger partial charge in [-0.15, -0.1) is 5.06 Å². The number of anilines is 2. The van der Waals surface area contributed by atoms with Crippen LogP contribution in [0.3, 0.4) is 0 Å². The number of nitrogens with one attached hydrogen (secondary N) is 1. The third-order valence-corrected chi connectivity index (χ3v) is 8.71. The fourth-order valence-corrected chi connectivity index (χ4v) is 6.08. The van der Waals surface area contributed by atoms with Crippen LogP contribution >= 0.6 is 11.8 Å². The highest BCUT2D eigenvalue weighted by molar-refractivity contribution is 8.15. The van der Waals surface area contributed by atoms with Crippen LogP contribution in [0.2, 0.25) is 0 Å². The van der Waals surface area contributed by atoms with E-state index in [9.17, 15) is 24.3 Å². The monoisotopic (exact) mass is 705 g/mol. The Morgan fingerprint density at radius 3 is 1.96 bits per heavy atom. The van der Waals surface area contributed by atoms with E-state index in [0.29, 0.717) is 29.2 Å². The Hall–Kier alpha value is -4.71. The largest absolute Gasteiger partial charge is 0.508 e. The Kier molecular flexibility index (Phi) is 10.9. The van der Waals surface area contributed by atoms with Gasteiger partial charge in [-0.1, -0.05) is 65.4 Å². The first-order chi connectivity index (χ1) is 23.0. The van der Waals surface area contributed by atoms with Crippen molar-refractivity contribution in [1.82, 2.24) is 5.32 Å². The number of amides is 4. The molecule has 0 radical (unpaired) electrons. The zero-order valence-electron chi connectivity index (χ0n) is 30.6. The molecule has 1 heterocycles. The second kappa shape index (κ2) is 14.3. The Morgan fingerprint density at radius 1 is 0.840 bits per heavy atom. The lowest BCUT2D eigenvalue weighted by Gasteiger charge is -2.30. The number of thioether (sulfide) groups is 1. The Labute approximate surface area is 298 Å². The van der Waals surface area contributed by atoms with Crippen LogP contribution in [0, 0.1) is 0 Å². The highest BCUT2D eigenvalue weighted by Crippen LogP contribution is 2.43. The summed E-state index contributed by atoms with van der Waals surface area (Å²) in [4.78, 5) is 57.4. The third-order valence-electron chi connectivity index (χ3n) is 7.73. The average Bonchev–Trinajstić information content (AvgIpc) is 3.30. The maximum Gasteiger partial charge on any atom is 0.414 e. The Morgan fingerprint density at radius 2 is 1.44 bits per heavy atom. The summed E-state index contributed by atoms with van der Waals surface area (Å²) >= 11 is 0.952. The van der Waals surface area contributed by atoms with Crippen molar-refractivity contribution in [2.45, 2.75) is 97.3 Å². The zero-order chi connectivity index (χ0) is 37.3. The van der Waals surface area contributed by atoms with Crippen molar-refractivity contribution in [2.75, 3.05) is 17.0 Å². The standard InChI is InChI=1S/C38H47N3O8S/c1-22(42)41(49-24-14-12-23(13-15-24)18-32-33(44)39-34(45)50-32)28-17-16-25(19-29(28)40(11)35(46)48-38(8,9)10)47-31-21-26(36(2,3)4)30(43)20-27(31)37(5,6)7/h12-17,19-21,32,43H,18H2,1-11H3,(H,39,44,45). The molecule has 3 aromatic rings. The minimum atomic E-state index is -0.792. The number of hydroxylamine groups is 1. The molecule has 3 aromatic carbocycles. The molecule has 12 heteroatoms. The van der Waals surface area contributed by atoms with Gasteiger partial charge >= 0.3 is 6.09 Å². The van der Waals surface area contributed by atoms with Crippen LogP contribution in [0.1, 0.15) is 85.9 Å². The minimum Gasteiger partial charge on any atom is -0.508 e. The molecule has 0 bridgehead atoms. The molecule has 0 aliphatic carbocycles. The number of hydrogen-bond acceptors (Lipinski definition) is 9. The number of rotatable bonds is 8. The van der Waals surface area contributed by atoms with Crippen LogP contribution in [0.25, 0.3) is 0 Å². The number of hydrogen-bond donors (Lipinski definition) is 2. The van der Waals surface area contributed by atoms with Crippen molar-refractivity contribution in [2.24, 2.45) is 0 Å². The molecule has 0 aromatic heterocycles. The summed E-state index contributed by atoms with van der Waals surface area (Å²) in [5.41, 5.74) is 1.27. The van der Waals surface area contributed by atoms with Gasteiger partial charge in [-0.3, -0.25) is 24.6 Å². The van der Waals surface area contributed by atoms with Crippen LogP contribution in [-0.2, 0) is 31.6 Å². The highest BCUT2D eigenvalue weighted by atomic mass is 32.2. The predicted octanol–water partition coefficient (Wildman–Crippen LogP) is 8.39. The first-order valence-corrected chi connectivity index (χ1v) is 17.2. The number of ether oxygens (including phenoxy) is 2. The number of carbonyl (C=O) groups excluding carboxylic acids is 4. The molecule has 4 rings (SSSR count). The molecule has 0 saturated carbocycles. The number of benzene rings is 3. The average molecular weight is 706 g/mol. The molecule has 1 saturated heterocycles. The first-order valence-electron chi connectivity index (χ1n) is 16.3. The maximum absolute atomic E-state index is 13.4. The lowest BCUT2D eigenvalue weighted by atomic mass is 9.81. The van der Waals surface area contributed by atoms with E-state index in [4.69, 9.17) is 14.3 Å². The summed E-state index contributed by atoms with van der Waals surface area (Å²) in [5.74, 6) is 0.611. The first kappa shape index (κ1) is 38.1. The molecule has 1 atom stereocenters. The molecule has 1 aliphatic heterocycles. The Balaban J connectivity index is 1.74. The summed E-state index contributed by atoms with van der Waals surface area (Å²) in [7, 11) is 1.53. The summed E-state index contributed by atoms with van der Waals surface area (Å²) < 4.78 is 12.2. The highest BCUT2D eigenvalue weighted by Gasteiger charge is 2.32. The number of aromatic hydroxyl groups is 1. The van der Waals surface area contributed by atoms with E-state index in [1.807, 2.05) is 47.6 Å². The van der Waals surface area contributed by atoms with Crippen molar-refractivity contribution < 1.29 is 38.6 Å². The van der Waals surface area contributed by atoms with Gasteiger partial charge in [0, 0.05) is 31.2 Å². The van der Waals surface area contributed by atoms with Gasteiger partial charge < -0.3 is 19.4 Å². The van der Waals surface area contributed by atoms with E-state index in [1.165, 1.54) is 18.9 Å². The molecule has 268 valence electrons.